The lowest BCUT2D eigenvalue weighted by atomic mass is 9.95. The van der Waals surface area contributed by atoms with Crippen molar-refractivity contribution in [3.8, 4) is 0 Å². The van der Waals surface area contributed by atoms with Crippen LogP contribution in [0.4, 0.5) is 0 Å². The molecule has 0 aromatic rings. The van der Waals surface area contributed by atoms with Gasteiger partial charge in [-0.1, -0.05) is 6.92 Å². The van der Waals surface area contributed by atoms with Crippen LogP contribution in [0.1, 0.15) is 19.8 Å². The number of nitrogens with one attached hydrogen (secondary N) is 2. The lowest BCUT2D eigenvalue weighted by Gasteiger charge is -2.34. The second-order valence-electron chi connectivity index (χ2n) is 5.73. The summed E-state index contributed by atoms with van der Waals surface area (Å²) in [6.07, 6.45) is 2.58. The zero-order valence-corrected chi connectivity index (χ0v) is 12.4. The second kappa shape index (κ2) is 5.76. The van der Waals surface area contributed by atoms with Crippen molar-refractivity contribution in [3.05, 3.63) is 0 Å². The normalized spacial score (nSPS) is 29.7. The molecule has 2 atom stereocenters. The Balaban J connectivity index is 1.84. The highest BCUT2D eigenvalue weighted by Crippen LogP contribution is 2.21. The van der Waals surface area contributed by atoms with Gasteiger partial charge in [0, 0.05) is 25.7 Å². The summed E-state index contributed by atoms with van der Waals surface area (Å²) in [5.74, 6) is 0.689. The Morgan fingerprint density at radius 3 is 2.37 bits per heavy atom. The van der Waals surface area contributed by atoms with E-state index >= 15 is 0 Å². The summed E-state index contributed by atoms with van der Waals surface area (Å²) in [4.78, 5) is 14.2. The van der Waals surface area contributed by atoms with Gasteiger partial charge in [-0.25, -0.2) is 13.1 Å². The molecule has 19 heavy (non-hydrogen) atoms. The number of piperidine rings is 1. The van der Waals surface area contributed by atoms with Crippen molar-refractivity contribution in [1.29, 1.82) is 0 Å². The minimum absolute atomic E-state index is 0.0295. The number of likely N-dealkylation sites (tertiary alicyclic amines) is 1. The molecule has 0 saturated carbocycles. The molecule has 6 nitrogen and oxygen atoms in total. The Labute approximate surface area is 115 Å². The Morgan fingerprint density at radius 2 is 1.89 bits per heavy atom. The highest BCUT2D eigenvalue weighted by molar-refractivity contribution is 7.88. The summed E-state index contributed by atoms with van der Waals surface area (Å²) in [7, 11) is -3.15. The summed E-state index contributed by atoms with van der Waals surface area (Å²) in [6, 6.07) is -0.0295. The van der Waals surface area contributed by atoms with Gasteiger partial charge in [0.15, 0.2) is 0 Å². The average Bonchev–Trinajstić information content (AvgIpc) is 2.73. The first-order valence-corrected chi connectivity index (χ1v) is 8.73. The molecule has 2 saturated heterocycles. The molecule has 0 aromatic heterocycles. The quantitative estimate of drug-likeness (QED) is 0.726. The third kappa shape index (κ3) is 3.90. The molecule has 2 aliphatic rings. The summed E-state index contributed by atoms with van der Waals surface area (Å²) in [5, 5.41) is 3.24. The van der Waals surface area contributed by atoms with Gasteiger partial charge in [-0.2, -0.15) is 0 Å². The molecule has 2 fully saturated rings. The van der Waals surface area contributed by atoms with Crippen LogP contribution in [-0.2, 0) is 14.8 Å². The minimum Gasteiger partial charge on any atom is -0.342 e. The molecule has 1 amide bonds. The molecule has 0 unspecified atom stereocenters. The standard InChI is InChI=1S/C12H23N3O3S/c1-9-7-13-8-11(9)12(16)15-5-3-10(4-6-15)14-19(2,17)18/h9-11,13-14H,3-8H2,1-2H3/t9-,11-/m1/s1. The van der Waals surface area contributed by atoms with E-state index in [4.69, 9.17) is 0 Å². The zero-order valence-electron chi connectivity index (χ0n) is 11.6. The van der Waals surface area contributed by atoms with Gasteiger partial charge in [0.05, 0.1) is 12.2 Å². The van der Waals surface area contributed by atoms with Crippen molar-refractivity contribution >= 4 is 15.9 Å². The lowest BCUT2D eigenvalue weighted by Crippen LogP contribution is -2.48. The van der Waals surface area contributed by atoms with Gasteiger partial charge in [0.2, 0.25) is 15.9 Å². The van der Waals surface area contributed by atoms with Crippen LogP contribution in [0, 0.1) is 11.8 Å². The molecule has 2 N–H and O–H groups in total. The SMILES string of the molecule is C[C@@H]1CNC[C@H]1C(=O)N1CCC(NS(C)(=O)=O)CC1. The topological polar surface area (TPSA) is 78.5 Å². The van der Waals surface area contributed by atoms with E-state index in [2.05, 4.69) is 17.0 Å². The molecule has 0 bridgehead atoms. The van der Waals surface area contributed by atoms with Crippen molar-refractivity contribution in [2.45, 2.75) is 25.8 Å². The Bertz CT molecular complexity index is 430. The fourth-order valence-electron chi connectivity index (χ4n) is 2.90. The van der Waals surface area contributed by atoms with Crippen LogP contribution >= 0.6 is 0 Å². The minimum atomic E-state index is -3.15. The highest BCUT2D eigenvalue weighted by Gasteiger charge is 2.34. The number of carbonyl (C=O) groups excluding carboxylic acids is 1. The van der Waals surface area contributed by atoms with Gasteiger partial charge >= 0.3 is 0 Å². The molecular weight excluding hydrogens is 266 g/mol. The Kier molecular flexibility index (Phi) is 4.47. The maximum Gasteiger partial charge on any atom is 0.227 e. The maximum absolute atomic E-state index is 12.3. The predicted molar refractivity (Wildman–Crippen MR) is 73.1 cm³/mol. The molecule has 0 aromatic carbocycles. The predicted octanol–water partition coefficient (Wildman–Crippen LogP) is -0.618. The first-order valence-electron chi connectivity index (χ1n) is 6.83. The van der Waals surface area contributed by atoms with Gasteiger partial charge in [-0.05, 0) is 25.3 Å². The smallest absolute Gasteiger partial charge is 0.227 e. The number of sulfonamides is 1. The largest absolute Gasteiger partial charge is 0.342 e. The number of hydrogen-bond donors (Lipinski definition) is 2. The first kappa shape index (κ1) is 14.7. The van der Waals surface area contributed by atoms with E-state index in [0.717, 1.165) is 13.1 Å². The number of carbonyl (C=O) groups is 1. The van der Waals surface area contributed by atoms with Gasteiger partial charge < -0.3 is 10.2 Å². The van der Waals surface area contributed by atoms with Crippen LogP contribution in [0.15, 0.2) is 0 Å². The third-order valence-corrected chi connectivity index (χ3v) is 4.78. The molecule has 0 spiro atoms. The van der Waals surface area contributed by atoms with Crippen LogP contribution in [-0.4, -0.2) is 57.7 Å². The molecule has 0 radical (unpaired) electrons. The maximum atomic E-state index is 12.3. The van der Waals surface area contributed by atoms with Crippen molar-refractivity contribution in [2.75, 3.05) is 32.4 Å². The van der Waals surface area contributed by atoms with E-state index in [9.17, 15) is 13.2 Å². The highest BCUT2D eigenvalue weighted by atomic mass is 32.2. The van der Waals surface area contributed by atoms with Crippen LogP contribution in [0.3, 0.4) is 0 Å². The molecule has 2 aliphatic heterocycles. The van der Waals surface area contributed by atoms with Gasteiger partial charge in [-0.3, -0.25) is 4.79 Å². The fraction of sp³-hybridized carbons (Fsp3) is 0.917. The Morgan fingerprint density at radius 1 is 1.26 bits per heavy atom. The summed E-state index contributed by atoms with van der Waals surface area (Å²) in [6.45, 7) is 5.06. The first-order chi connectivity index (χ1) is 8.87. The molecule has 2 rings (SSSR count). The summed E-state index contributed by atoms with van der Waals surface area (Å²) >= 11 is 0. The fourth-order valence-corrected chi connectivity index (χ4v) is 3.74. The van der Waals surface area contributed by atoms with Gasteiger partial charge in [0.25, 0.3) is 0 Å². The molecule has 0 aliphatic carbocycles. The monoisotopic (exact) mass is 289 g/mol. The number of amides is 1. The van der Waals surface area contributed by atoms with E-state index < -0.39 is 10.0 Å². The van der Waals surface area contributed by atoms with E-state index in [1.165, 1.54) is 6.26 Å². The van der Waals surface area contributed by atoms with Gasteiger partial charge in [-0.15, -0.1) is 0 Å². The zero-order chi connectivity index (χ0) is 14.0. The van der Waals surface area contributed by atoms with Crippen molar-refractivity contribution in [1.82, 2.24) is 14.9 Å². The number of nitrogens with zero attached hydrogens (tertiary/aromatic N) is 1. The lowest BCUT2D eigenvalue weighted by molar-refractivity contribution is -0.137. The summed E-state index contributed by atoms with van der Waals surface area (Å²) in [5.41, 5.74) is 0. The van der Waals surface area contributed by atoms with Crippen molar-refractivity contribution < 1.29 is 13.2 Å². The third-order valence-electron chi connectivity index (χ3n) is 4.02. The van der Waals surface area contributed by atoms with Crippen LogP contribution in [0.25, 0.3) is 0 Å². The second-order valence-corrected chi connectivity index (χ2v) is 7.51. The van der Waals surface area contributed by atoms with E-state index in [0.29, 0.717) is 31.8 Å². The summed E-state index contributed by atoms with van der Waals surface area (Å²) < 4.78 is 25.0. The number of hydrogen-bond acceptors (Lipinski definition) is 4. The Hall–Kier alpha value is -0.660. The van der Waals surface area contributed by atoms with Crippen molar-refractivity contribution in [3.63, 3.8) is 0 Å². The average molecular weight is 289 g/mol. The van der Waals surface area contributed by atoms with Crippen LogP contribution in [0.5, 0.6) is 0 Å². The van der Waals surface area contributed by atoms with E-state index in [1.807, 2.05) is 4.90 Å². The van der Waals surface area contributed by atoms with E-state index in [-0.39, 0.29) is 17.9 Å². The molecular formula is C12H23N3O3S. The molecule has 2 heterocycles. The van der Waals surface area contributed by atoms with Crippen LogP contribution in [0.2, 0.25) is 0 Å². The van der Waals surface area contributed by atoms with Crippen LogP contribution < -0.4 is 10.0 Å². The molecule has 110 valence electrons. The van der Waals surface area contributed by atoms with Gasteiger partial charge in [0.1, 0.15) is 0 Å². The number of rotatable bonds is 3. The van der Waals surface area contributed by atoms with Crippen molar-refractivity contribution in [2.24, 2.45) is 11.8 Å². The molecule has 7 heteroatoms. The van der Waals surface area contributed by atoms with E-state index in [1.54, 1.807) is 0 Å².